The third kappa shape index (κ3) is 11.2. The number of nitrogens with zero attached hydrogens (tertiary/aromatic N) is 1. The zero-order valence-corrected chi connectivity index (χ0v) is 18.7. The van der Waals surface area contributed by atoms with E-state index in [-0.39, 0.29) is 17.8 Å². The first kappa shape index (κ1) is 28.1. The molecular weight excluding hydrogens is 406 g/mol. The number of carbonyl (C=O) groups is 4. The summed E-state index contributed by atoms with van der Waals surface area (Å²) < 4.78 is 0. The zero-order chi connectivity index (χ0) is 24.1. The maximum Gasteiger partial charge on any atom is 0.326 e. The van der Waals surface area contributed by atoms with Gasteiger partial charge in [-0.25, -0.2) is 4.79 Å². The molecule has 0 fully saturated rings. The normalized spacial score (nSPS) is 14.6. The van der Waals surface area contributed by atoms with E-state index in [1.54, 1.807) is 20.8 Å². The van der Waals surface area contributed by atoms with Crippen LogP contribution in [0, 0.1) is 11.8 Å². The summed E-state index contributed by atoms with van der Waals surface area (Å²) in [6.45, 7) is 6.89. The minimum Gasteiger partial charge on any atom is -0.480 e. The SMILES string of the molecule is CCC(C)C(NC(=O)C(N)CCCN=C(N)N)C(=O)NCC(=O)NC(C(=O)O)C(C)C. The number of amides is 3. The van der Waals surface area contributed by atoms with Gasteiger partial charge < -0.3 is 38.3 Å². The third-order valence-electron chi connectivity index (χ3n) is 4.77. The highest BCUT2D eigenvalue weighted by molar-refractivity contribution is 5.92. The Labute approximate surface area is 182 Å². The molecule has 0 aliphatic heterocycles. The molecule has 31 heavy (non-hydrogen) atoms. The number of carboxylic acids is 1. The molecule has 3 amide bonds. The molecule has 0 rings (SSSR count). The number of carboxylic acid groups (broad SMARTS) is 1. The number of aliphatic carboxylic acids is 1. The Hall–Kier alpha value is -2.89. The fourth-order valence-corrected chi connectivity index (χ4v) is 2.63. The van der Waals surface area contributed by atoms with E-state index in [1.807, 2.05) is 6.92 Å². The monoisotopic (exact) mass is 443 g/mol. The van der Waals surface area contributed by atoms with Crippen LogP contribution in [0.4, 0.5) is 0 Å². The first-order valence-corrected chi connectivity index (χ1v) is 10.3. The lowest BCUT2D eigenvalue weighted by atomic mass is 9.97. The van der Waals surface area contributed by atoms with Gasteiger partial charge in [0.15, 0.2) is 5.96 Å². The van der Waals surface area contributed by atoms with E-state index in [4.69, 9.17) is 22.3 Å². The summed E-state index contributed by atoms with van der Waals surface area (Å²) in [6, 6.07) is -2.81. The van der Waals surface area contributed by atoms with Crippen LogP contribution in [0.5, 0.6) is 0 Å². The Morgan fingerprint density at radius 2 is 1.61 bits per heavy atom. The predicted molar refractivity (Wildman–Crippen MR) is 117 cm³/mol. The molecule has 4 atom stereocenters. The van der Waals surface area contributed by atoms with Gasteiger partial charge in [0.1, 0.15) is 12.1 Å². The van der Waals surface area contributed by atoms with Gasteiger partial charge in [-0.05, 0) is 24.7 Å². The van der Waals surface area contributed by atoms with Gasteiger partial charge in [-0.1, -0.05) is 34.1 Å². The summed E-state index contributed by atoms with van der Waals surface area (Å²) in [5.74, 6) is -3.43. The van der Waals surface area contributed by atoms with Crippen LogP contribution in [0.15, 0.2) is 4.99 Å². The lowest BCUT2D eigenvalue weighted by Gasteiger charge is -2.25. The molecule has 12 nitrogen and oxygen atoms in total. The molecule has 178 valence electrons. The summed E-state index contributed by atoms with van der Waals surface area (Å²) in [7, 11) is 0. The van der Waals surface area contributed by atoms with Crippen molar-refractivity contribution in [1.29, 1.82) is 0 Å². The number of rotatable bonds is 14. The summed E-state index contributed by atoms with van der Waals surface area (Å²) in [5.41, 5.74) is 16.4. The molecule has 0 heterocycles. The topological polar surface area (TPSA) is 215 Å². The van der Waals surface area contributed by atoms with Gasteiger partial charge in [-0.2, -0.15) is 0 Å². The first-order chi connectivity index (χ1) is 14.4. The fourth-order valence-electron chi connectivity index (χ4n) is 2.63. The lowest BCUT2D eigenvalue weighted by molar-refractivity contribution is -0.143. The van der Waals surface area contributed by atoms with Crippen molar-refractivity contribution in [2.45, 2.75) is 65.1 Å². The molecule has 0 saturated carbocycles. The van der Waals surface area contributed by atoms with Crippen LogP contribution in [-0.4, -0.2) is 66.0 Å². The maximum atomic E-state index is 12.6. The van der Waals surface area contributed by atoms with Gasteiger partial charge in [0, 0.05) is 6.54 Å². The summed E-state index contributed by atoms with van der Waals surface area (Å²) in [5, 5.41) is 16.6. The van der Waals surface area contributed by atoms with E-state index in [2.05, 4.69) is 20.9 Å². The van der Waals surface area contributed by atoms with Crippen LogP contribution in [0.3, 0.4) is 0 Å². The molecule has 0 aromatic heterocycles. The summed E-state index contributed by atoms with van der Waals surface area (Å²) >= 11 is 0. The second-order valence-electron chi connectivity index (χ2n) is 7.77. The van der Waals surface area contributed by atoms with Crippen molar-refractivity contribution in [3.8, 4) is 0 Å². The molecular formula is C19H37N7O5. The minimum atomic E-state index is -1.16. The van der Waals surface area contributed by atoms with Gasteiger partial charge >= 0.3 is 5.97 Å². The molecule has 10 N–H and O–H groups in total. The van der Waals surface area contributed by atoms with E-state index in [9.17, 15) is 19.2 Å². The standard InChI is InChI=1S/C19H37N7O5/c1-5-11(4)15(26-16(28)12(20)7-6-8-23-19(21)22)17(29)24-9-13(27)25-14(10(2)3)18(30)31/h10-12,14-15H,5-9,20H2,1-4H3,(H,24,29)(H,25,27)(H,26,28)(H,30,31)(H4,21,22,23). The number of guanidine groups is 1. The fraction of sp³-hybridized carbons (Fsp3) is 0.737. The molecule has 0 aliphatic carbocycles. The Kier molecular flexibility index (Phi) is 12.9. The smallest absolute Gasteiger partial charge is 0.326 e. The Morgan fingerprint density at radius 1 is 1.00 bits per heavy atom. The molecule has 0 radical (unpaired) electrons. The maximum absolute atomic E-state index is 12.6. The van der Waals surface area contributed by atoms with Crippen molar-refractivity contribution in [2.24, 2.45) is 34.0 Å². The van der Waals surface area contributed by atoms with Crippen molar-refractivity contribution in [3.63, 3.8) is 0 Å². The van der Waals surface area contributed by atoms with Crippen molar-refractivity contribution in [1.82, 2.24) is 16.0 Å². The van der Waals surface area contributed by atoms with E-state index in [0.29, 0.717) is 25.8 Å². The quantitative estimate of drug-likeness (QED) is 0.0924. The van der Waals surface area contributed by atoms with Crippen molar-refractivity contribution >= 4 is 29.7 Å². The van der Waals surface area contributed by atoms with Crippen LogP contribution in [-0.2, 0) is 19.2 Å². The van der Waals surface area contributed by atoms with Crippen LogP contribution in [0.2, 0.25) is 0 Å². The number of carbonyl (C=O) groups excluding carboxylic acids is 3. The van der Waals surface area contributed by atoms with Crippen molar-refractivity contribution in [3.05, 3.63) is 0 Å². The van der Waals surface area contributed by atoms with E-state index < -0.39 is 48.4 Å². The van der Waals surface area contributed by atoms with Crippen molar-refractivity contribution in [2.75, 3.05) is 13.1 Å². The average Bonchev–Trinajstić information content (AvgIpc) is 2.69. The highest BCUT2D eigenvalue weighted by atomic mass is 16.4. The lowest BCUT2D eigenvalue weighted by Crippen LogP contribution is -2.55. The molecule has 0 spiro atoms. The molecule has 0 bridgehead atoms. The number of nitrogens with two attached hydrogens (primary N) is 3. The Balaban J connectivity index is 4.83. The van der Waals surface area contributed by atoms with Crippen LogP contribution < -0.4 is 33.2 Å². The number of nitrogens with one attached hydrogen (secondary N) is 3. The van der Waals surface area contributed by atoms with Gasteiger partial charge in [0.25, 0.3) is 0 Å². The first-order valence-electron chi connectivity index (χ1n) is 10.3. The summed E-state index contributed by atoms with van der Waals surface area (Å²) in [4.78, 5) is 52.0. The highest BCUT2D eigenvalue weighted by Gasteiger charge is 2.29. The Bertz CT molecular complexity index is 650. The average molecular weight is 444 g/mol. The van der Waals surface area contributed by atoms with Crippen LogP contribution >= 0.6 is 0 Å². The van der Waals surface area contributed by atoms with Crippen LogP contribution in [0.1, 0.15) is 47.0 Å². The summed E-state index contributed by atoms with van der Waals surface area (Å²) in [6.07, 6.45) is 1.41. The van der Waals surface area contributed by atoms with Gasteiger partial charge in [0.05, 0.1) is 12.6 Å². The zero-order valence-electron chi connectivity index (χ0n) is 18.7. The third-order valence-corrected chi connectivity index (χ3v) is 4.77. The van der Waals surface area contributed by atoms with Gasteiger partial charge in [0.2, 0.25) is 17.7 Å². The Morgan fingerprint density at radius 3 is 2.10 bits per heavy atom. The van der Waals surface area contributed by atoms with Gasteiger partial charge in [-0.3, -0.25) is 19.4 Å². The van der Waals surface area contributed by atoms with E-state index in [1.165, 1.54) is 0 Å². The number of hydrogen-bond acceptors (Lipinski definition) is 6. The van der Waals surface area contributed by atoms with E-state index in [0.717, 1.165) is 0 Å². The predicted octanol–water partition coefficient (Wildman–Crippen LogP) is -1.76. The molecule has 4 unspecified atom stereocenters. The molecule has 0 saturated heterocycles. The highest BCUT2D eigenvalue weighted by Crippen LogP contribution is 2.09. The largest absolute Gasteiger partial charge is 0.480 e. The van der Waals surface area contributed by atoms with Gasteiger partial charge in [-0.15, -0.1) is 0 Å². The molecule has 0 aromatic rings. The van der Waals surface area contributed by atoms with E-state index >= 15 is 0 Å². The molecule has 0 aromatic carbocycles. The number of hydrogen-bond donors (Lipinski definition) is 7. The minimum absolute atomic E-state index is 0.0429. The van der Waals surface area contributed by atoms with Crippen LogP contribution in [0.25, 0.3) is 0 Å². The second-order valence-corrected chi connectivity index (χ2v) is 7.77. The number of aliphatic imine (C=N–C) groups is 1. The molecule has 0 aliphatic rings. The molecule has 12 heteroatoms. The van der Waals surface area contributed by atoms with Crippen molar-refractivity contribution < 1.29 is 24.3 Å². The second kappa shape index (κ2) is 14.2.